The number of hydrogen-bond acceptors (Lipinski definition) is 8. The van der Waals surface area contributed by atoms with E-state index in [0.29, 0.717) is 29.0 Å². The topological polar surface area (TPSA) is 82.1 Å². The molecule has 0 radical (unpaired) electrons. The third kappa shape index (κ3) is 3.00. The Kier molecular flexibility index (Phi) is 4.05. The Bertz CT molecular complexity index is 670. The number of halogens is 1. The lowest BCUT2D eigenvalue weighted by Gasteiger charge is -2.34. The average molecular weight is 325 g/mol. The monoisotopic (exact) mass is 324 g/mol. The summed E-state index contributed by atoms with van der Waals surface area (Å²) < 4.78 is 9.02. The number of anilines is 1. The maximum absolute atomic E-state index is 9.14. The highest BCUT2D eigenvalue weighted by molar-refractivity contribution is 7.10. The second-order valence-electron chi connectivity index (χ2n) is 4.76. The molecule has 0 bridgehead atoms. The van der Waals surface area contributed by atoms with Crippen molar-refractivity contribution in [2.75, 3.05) is 31.1 Å². The van der Waals surface area contributed by atoms with Crippen LogP contribution in [0.25, 0.3) is 0 Å². The average Bonchev–Trinajstić information content (AvgIpc) is 3.05. The third-order valence-corrected chi connectivity index (χ3v) is 4.62. The fourth-order valence-corrected chi connectivity index (χ4v) is 3.37. The molecule has 2 aromatic rings. The highest BCUT2D eigenvalue weighted by Gasteiger charge is 2.23. The van der Waals surface area contributed by atoms with Crippen LogP contribution >= 0.6 is 23.1 Å². The Morgan fingerprint density at radius 3 is 2.76 bits per heavy atom. The first-order valence-electron chi connectivity index (χ1n) is 6.49. The smallest absolute Gasteiger partial charge is 0.223 e. The number of nitriles is 1. The van der Waals surface area contributed by atoms with Gasteiger partial charge in [0.15, 0.2) is 11.0 Å². The summed E-state index contributed by atoms with van der Waals surface area (Å²) in [4.78, 5) is 8.62. The van der Waals surface area contributed by atoms with Crippen molar-refractivity contribution in [1.29, 1.82) is 5.26 Å². The summed E-state index contributed by atoms with van der Waals surface area (Å²) in [7, 11) is 0. The van der Waals surface area contributed by atoms with E-state index in [1.165, 1.54) is 11.5 Å². The van der Waals surface area contributed by atoms with E-state index in [0.717, 1.165) is 31.2 Å². The van der Waals surface area contributed by atoms with Crippen molar-refractivity contribution in [2.24, 2.45) is 0 Å². The van der Waals surface area contributed by atoms with E-state index in [4.69, 9.17) is 21.4 Å². The molecule has 1 saturated heterocycles. The zero-order valence-corrected chi connectivity index (χ0v) is 13.0. The molecule has 3 heterocycles. The lowest BCUT2D eigenvalue weighted by molar-refractivity contribution is 0.240. The van der Waals surface area contributed by atoms with Crippen LogP contribution in [0.1, 0.15) is 17.3 Å². The normalized spacial score (nSPS) is 16.1. The van der Waals surface area contributed by atoms with Crippen molar-refractivity contribution >= 4 is 28.1 Å². The number of rotatable bonds is 3. The van der Waals surface area contributed by atoms with Gasteiger partial charge in [0, 0.05) is 33.1 Å². The summed E-state index contributed by atoms with van der Waals surface area (Å²) in [6.07, 6.45) is 0. The zero-order valence-electron chi connectivity index (χ0n) is 11.4. The molecule has 7 nitrogen and oxygen atoms in total. The van der Waals surface area contributed by atoms with Crippen molar-refractivity contribution in [1.82, 2.24) is 19.4 Å². The number of aryl methyl sites for hydroxylation is 1. The molecule has 110 valence electrons. The predicted molar refractivity (Wildman–Crippen MR) is 78.4 cm³/mol. The molecule has 1 aliphatic heterocycles. The summed E-state index contributed by atoms with van der Waals surface area (Å²) in [5, 5.41) is 14.2. The van der Waals surface area contributed by atoms with Crippen LogP contribution in [0.5, 0.6) is 0 Å². The number of aromatic nitrogens is 3. The van der Waals surface area contributed by atoms with Crippen LogP contribution < -0.4 is 4.90 Å². The van der Waals surface area contributed by atoms with Gasteiger partial charge >= 0.3 is 0 Å². The minimum atomic E-state index is 0.294. The van der Waals surface area contributed by atoms with Crippen LogP contribution in [-0.4, -0.2) is 45.6 Å². The molecule has 0 aliphatic carbocycles. The molecule has 3 rings (SSSR count). The summed E-state index contributed by atoms with van der Waals surface area (Å²) >= 11 is 7.19. The van der Waals surface area contributed by atoms with Gasteiger partial charge in [-0.2, -0.15) is 14.6 Å². The van der Waals surface area contributed by atoms with Gasteiger partial charge in [0.05, 0.1) is 6.54 Å². The molecule has 21 heavy (non-hydrogen) atoms. The van der Waals surface area contributed by atoms with Crippen molar-refractivity contribution < 1.29 is 4.52 Å². The van der Waals surface area contributed by atoms with Gasteiger partial charge in [-0.05, 0) is 11.5 Å². The fourth-order valence-electron chi connectivity index (χ4n) is 2.29. The lowest BCUT2D eigenvalue weighted by atomic mass is 10.3. The molecule has 0 aromatic carbocycles. The van der Waals surface area contributed by atoms with E-state index in [1.54, 1.807) is 6.92 Å². The van der Waals surface area contributed by atoms with E-state index in [-0.39, 0.29) is 0 Å². The number of piperazine rings is 1. The molecule has 0 spiro atoms. The largest absolute Gasteiger partial charge is 0.358 e. The predicted octanol–water partition coefficient (Wildman–Crippen LogP) is 1.68. The van der Waals surface area contributed by atoms with Gasteiger partial charge in [-0.3, -0.25) is 4.90 Å². The van der Waals surface area contributed by atoms with Crippen molar-refractivity contribution in [3.8, 4) is 6.07 Å². The molecule has 0 unspecified atom stereocenters. The molecular weight excluding hydrogens is 312 g/mol. The van der Waals surface area contributed by atoms with E-state index in [2.05, 4.69) is 30.4 Å². The van der Waals surface area contributed by atoms with Gasteiger partial charge in [-0.15, -0.1) is 0 Å². The maximum Gasteiger partial charge on any atom is 0.223 e. The molecule has 9 heteroatoms. The first-order chi connectivity index (χ1) is 10.2. The van der Waals surface area contributed by atoms with Gasteiger partial charge in [-0.1, -0.05) is 16.8 Å². The Morgan fingerprint density at radius 2 is 2.14 bits per heavy atom. The summed E-state index contributed by atoms with van der Waals surface area (Å²) in [6, 6.07) is 2.12. The summed E-state index contributed by atoms with van der Waals surface area (Å²) in [5.74, 6) is 1.29. The molecule has 0 N–H and O–H groups in total. The minimum absolute atomic E-state index is 0.294. The number of hydrogen-bond donors (Lipinski definition) is 0. The second-order valence-corrected chi connectivity index (χ2v) is 5.87. The molecule has 1 fully saturated rings. The van der Waals surface area contributed by atoms with Crippen molar-refractivity contribution in [3.63, 3.8) is 0 Å². The third-order valence-electron chi connectivity index (χ3n) is 3.34. The van der Waals surface area contributed by atoms with Gasteiger partial charge in [-0.25, -0.2) is 0 Å². The Labute approximate surface area is 130 Å². The molecular formula is C12H13ClN6OS. The van der Waals surface area contributed by atoms with E-state index < -0.39 is 0 Å². The van der Waals surface area contributed by atoms with Crippen LogP contribution in [-0.2, 0) is 6.54 Å². The molecule has 1 aliphatic rings. The minimum Gasteiger partial charge on any atom is -0.358 e. The van der Waals surface area contributed by atoms with E-state index in [9.17, 15) is 0 Å². The molecule has 0 atom stereocenters. The van der Waals surface area contributed by atoms with Crippen molar-refractivity contribution in [2.45, 2.75) is 13.5 Å². The fraction of sp³-hybridized carbons (Fsp3) is 0.500. The van der Waals surface area contributed by atoms with Gasteiger partial charge in [0.1, 0.15) is 16.6 Å². The highest BCUT2D eigenvalue weighted by Crippen LogP contribution is 2.31. The first kappa shape index (κ1) is 14.3. The Hall–Kier alpha value is -1.69. The van der Waals surface area contributed by atoms with E-state index >= 15 is 0 Å². The van der Waals surface area contributed by atoms with Crippen LogP contribution in [0.4, 0.5) is 5.00 Å². The maximum atomic E-state index is 9.14. The SMILES string of the molecule is Cc1nc(CN2CCN(c3snc(Cl)c3C#N)CC2)no1. The quantitative estimate of drug-likeness (QED) is 0.849. The van der Waals surface area contributed by atoms with Gasteiger partial charge in [0.2, 0.25) is 5.89 Å². The second kappa shape index (κ2) is 5.97. The van der Waals surface area contributed by atoms with Crippen LogP contribution in [0.2, 0.25) is 5.15 Å². The Balaban J connectivity index is 1.61. The molecule has 2 aromatic heterocycles. The summed E-state index contributed by atoms with van der Waals surface area (Å²) in [5.41, 5.74) is 0.476. The van der Waals surface area contributed by atoms with E-state index in [1.807, 2.05) is 0 Å². The summed E-state index contributed by atoms with van der Waals surface area (Å²) in [6.45, 7) is 5.85. The molecule has 0 saturated carbocycles. The number of nitrogens with zero attached hydrogens (tertiary/aromatic N) is 6. The lowest BCUT2D eigenvalue weighted by Crippen LogP contribution is -2.46. The van der Waals surface area contributed by atoms with Gasteiger partial charge in [0.25, 0.3) is 0 Å². The molecule has 0 amide bonds. The van der Waals surface area contributed by atoms with Crippen LogP contribution in [0, 0.1) is 18.3 Å². The van der Waals surface area contributed by atoms with Crippen molar-refractivity contribution in [3.05, 3.63) is 22.4 Å². The van der Waals surface area contributed by atoms with Crippen LogP contribution in [0.3, 0.4) is 0 Å². The van der Waals surface area contributed by atoms with Gasteiger partial charge < -0.3 is 9.42 Å². The first-order valence-corrected chi connectivity index (χ1v) is 7.64. The van der Waals surface area contributed by atoms with Crippen LogP contribution in [0.15, 0.2) is 4.52 Å². The highest BCUT2D eigenvalue weighted by atomic mass is 35.5. The Morgan fingerprint density at radius 1 is 1.38 bits per heavy atom. The zero-order chi connectivity index (χ0) is 14.8. The standard InChI is InChI=1S/C12H13ClN6OS/c1-8-15-10(16-20-8)7-18-2-4-19(5-3-18)12-9(6-14)11(13)17-21-12/h2-5,7H2,1H3.